The average Bonchev–Trinajstić information content (AvgIpc) is 3.39. The molecule has 24 heteroatoms. The molecular formula is C48H46Cl4N2O18. The molecule has 0 aromatic heterocycles. The number of amides is 2. The molecule has 3 N–H and O–H groups in total. The molecule has 0 spiro atoms. The summed E-state index contributed by atoms with van der Waals surface area (Å²) in [5.74, 6) is -7.35. The number of carbonyl (C=O) groups is 7. The zero-order valence-corrected chi connectivity index (χ0v) is 40.8. The van der Waals surface area contributed by atoms with Gasteiger partial charge >= 0.3 is 35.9 Å². The fourth-order valence-corrected chi connectivity index (χ4v) is 7.38. The Morgan fingerprint density at radius 3 is 1.68 bits per heavy atom. The second-order valence-electron chi connectivity index (χ2n) is 15.5. The SMILES string of the molecule is COC(=O)[C@H]1O[C@@H](O[C@@H]2[C@@H](NC(=O)C(Cl)(Cl)Cl)[C@H](OCCNC(=O)OCc3ccccc3)O[C@H](COC(=O)CCl)[C@@H]2OC(=O)c2ccccc2)[C@H](OC(=O)c2ccccc2)[C@@H](OC(=O)c2ccccc2)[C@@H]1O. The molecule has 6 rings (SSSR count). The summed E-state index contributed by atoms with van der Waals surface area (Å²) in [5, 5.41) is 16.7. The first-order chi connectivity index (χ1) is 34.6. The number of alkyl carbamates (subject to hydrolysis) is 1. The lowest BCUT2D eigenvalue weighted by Gasteiger charge is -2.49. The van der Waals surface area contributed by atoms with Crippen molar-refractivity contribution in [2.75, 3.05) is 32.7 Å². The van der Waals surface area contributed by atoms with E-state index >= 15 is 0 Å². The summed E-state index contributed by atoms with van der Waals surface area (Å²) in [6, 6.07) is 29.3. The highest BCUT2D eigenvalue weighted by Gasteiger charge is 2.58. The molecule has 2 aliphatic heterocycles. The first-order valence-electron chi connectivity index (χ1n) is 21.7. The molecule has 2 aliphatic rings. The number of nitrogens with one attached hydrogen (secondary N) is 2. The van der Waals surface area contributed by atoms with E-state index in [4.69, 9.17) is 93.8 Å². The van der Waals surface area contributed by atoms with E-state index in [1.807, 2.05) is 0 Å². The normalized spacial score (nSPS) is 23.8. The summed E-state index contributed by atoms with van der Waals surface area (Å²) < 4.78 is 55.6. The van der Waals surface area contributed by atoms with Gasteiger partial charge in [0.05, 0.1) is 30.4 Å². The van der Waals surface area contributed by atoms with Gasteiger partial charge in [0.25, 0.3) is 9.70 Å². The molecule has 20 nitrogen and oxygen atoms in total. The molecule has 2 saturated heterocycles. The molecule has 0 radical (unpaired) electrons. The van der Waals surface area contributed by atoms with Crippen molar-refractivity contribution in [2.24, 2.45) is 0 Å². The number of hydrogen-bond donors (Lipinski definition) is 3. The van der Waals surface area contributed by atoms with Gasteiger partial charge in [-0.15, -0.1) is 11.6 Å². The summed E-state index contributed by atoms with van der Waals surface area (Å²) in [5.41, 5.74) is 0.600. The minimum Gasteiger partial charge on any atom is -0.467 e. The zero-order chi connectivity index (χ0) is 51.8. The van der Waals surface area contributed by atoms with Crippen molar-refractivity contribution in [3.05, 3.63) is 144 Å². The summed E-state index contributed by atoms with van der Waals surface area (Å²) in [7, 11) is 0.965. The van der Waals surface area contributed by atoms with E-state index in [-0.39, 0.29) is 29.8 Å². The van der Waals surface area contributed by atoms with Gasteiger partial charge in [-0.2, -0.15) is 0 Å². The quantitative estimate of drug-likeness (QED) is 0.0501. The third kappa shape index (κ3) is 15.2. The molecule has 10 atom stereocenters. The molecular weight excluding hydrogens is 1030 g/mol. The number of benzene rings is 4. The molecule has 4 aromatic rings. The molecule has 72 heavy (non-hydrogen) atoms. The van der Waals surface area contributed by atoms with Crippen molar-refractivity contribution in [3.8, 4) is 0 Å². The highest BCUT2D eigenvalue weighted by Crippen LogP contribution is 2.36. The van der Waals surface area contributed by atoms with Crippen molar-refractivity contribution in [1.29, 1.82) is 0 Å². The number of methoxy groups -OCH3 is 1. The van der Waals surface area contributed by atoms with Crippen LogP contribution in [-0.4, -0.2) is 145 Å². The molecule has 0 bridgehead atoms. The Morgan fingerprint density at radius 2 is 1.17 bits per heavy atom. The Balaban J connectivity index is 1.44. The fraction of sp³-hybridized carbons (Fsp3) is 0.354. The third-order valence-corrected chi connectivity index (χ3v) is 11.3. The van der Waals surface area contributed by atoms with Crippen molar-refractivity contribution >= 4 is 88.3 Å². The van der Waals surface area contributed by atoms with Crippen molar-refractivity contribution in [3.63, 3.8) is 0 Å². The Labute approximate surface area is 431 Å². The molecule has 0 saturated carbocycles. The Hall–Kier alpha value is -6.07. The monoisotopic (exact) mass is 1080 g/mol. The number of aliphatic hydroxyl groups excluding tert-OH is 1. The first kappa shape index (κ1) is 55.2. The van der Waals surface area contributed by atoms with Crippen molar-refractivity contribution < 1.29 is 86.0 Å². The maximum Gasteiger partial charge on any atom is 0.407 e. The lowest BCUT2D eigenvalue weighted by molar-refractivity contribution is -0.338. The number of ether oxygens (including phenoxy) is 10. The number of alkyl halides is 4. The summed E-state index contributed by atoms with van der Waals surface area (Å²) in [6.07, 6.45) is -18.6. The predicted octanol–water partition coefficient (Wildman–Crippen LogP) is 4.61. The van der Waals surface area contributed by atoms with Gasteiger partial charge in [-0.05, 0) is 42.0 Å². The standard InChI is InChI=1S/C48H46Cl4N2O18/c1-63-43(60)38-34(56)37(69-41(58)29-18-10-4-11-19-29)39(70-42(59)30-20-12-5-13-21-30)45(72-38)71-36-33(54-46(61)48(50,51)52)44(64-23-22-53-47(62)66-25-27-14-6-2-7-15-27)67-31(26-65-32(55)24-49)35(36)68-40(57)28-16-8-3-9-17-28/h2-21,31,33-39,44-45,56H,22-26H2,1H3,(H,53,62)(H,54,61)/t31-,33-,34+,35+,36-,37+,38+,39-,44-,45-/m1/s1. The molecule has 2 fully saturated rings. The highest BCUT2D eigenvalue weighted by atomic mass is 35.6. The van der Waals surface area contributed by atoms with E-state index < -0.39 is 126 Å². The van der Waals surface area contributed by atoms with Crippen LogP contribution in [0.2, 0.25) is 0 Å². The maximum absolute atomic E-state index is 14.0. The van der Waals surface area contributed by atoms with Gasteiger partial charge in [0.1, 0.15) is 43.4 Å². The van der Waals surface area contributed by atoms with Crippen molar-refractivity contribution in [1.82, 2.24) is 10.6 Å². The van der Waals surface area contributed by atoms with E-state index in [0.717, 1.165) is 7.11 Å². The van der Waals surface area contributed by atoms with Gasteiger partial charge in [-0.25, -0.2) is 24.0 Å². The zero-order valence-electron chi connectivity index (χ0n) is 37.8. The van der Waals surface area contributed by atoms with Crippen LogP contribution >= 0.6 is 46.4 Å². The van der Waals surface area contributed by atoms with Crippen LogP contribution in [-0.2, 0) is 68.4 Å². The second kappa shape index (κ2) is 26.6. The minimum absolute atomic E-state index is 0.0245. The smallest absolute Gasteiger partial charge is 0.407 e. The van der Waals surface area contributed by atoms with E-state index in [1.165, 1.54) is 72.8 Å². The Morgan fingerprint density at radius 1 is 0.653 bits per heavy atom. The number of rotatable bonds is 19. The number of aliphatic hydroxyl groups is 1. The predicted molar refractivity (Wildman–Crippen MR) is 252 cm³/mol. The maximum atomic E-state index is 14.0. The van der Waals surface area contributed by atoms with Gasteiger partial charge in [0.15, 0.2) is 37.0 Å². The third-order valence-electron chi connectivity index (χ3n) is 10.6. The molecule has 0 unspecified atom stereocenters. The number of hydrogen-bond acceptors (Lipinski definition) is 18. The topological polar surface area (TPSA) is 256 Å². The van der Waals surface area contributed by atoms with Crippen LogP contribution in [0, 0.1) is 0 Å². The lowest BCUT2D eigenvalue weighted by atomic mass is 9.94. The lowest BCUT2D eigenvalue weighted by Crippen LogP contribution is -2.70. The van der Waals surface area contributed by atoms with Gasteiger partial charge in [-0.1, -0.05) is 120 Å². The molecule has 0 aliphatic carbocycles. The van der Waals surface area contributed by atoms with Crippen LogP contribution in [0.15, 0.2) is 121 Å². The largest absolute Gasteiger partial charge is 0.467 e. The van der Waals surface area contributed by atoms with Crippen LogP contribution in [0.4, 0.5) is 4.79 Å². The molecule has 2 amide bonds. The number of esters is 5. The molecule has 2 heterocycles. The van der Waals surface area contributed by atoms with Crippen LogP contribution < -0.4 is 10.6 Å². The van der Waals surface area contributed by atoms with Crippen LogP contribution in [0.25, 0.3) is 0 Å². The second-order valence-corrected chi connectivity index (χ2v) is 18.0. The number of halogens is 4. The first-order valence-corrected chi connectivity index (χ1v) is 23.4. The summed E-state index contributed by atoms with van der Waals surface area (Å²) in [6.45, 7) is -1.52. The number of carbonyl (C=O) groups excluding carboxylic acids is 7. The summed E-state index contributed by atoms with van der Waals surface area (Å²) in [4.78, 5) is 94.1. The van der Waals surface area contributed by atoms with E-state index in [0.29, 0.717) is 5.56 Å². The minimum atomic E-state index is -2.71. The van der Waals surface area contributed by atoms with Gasteiger partial charge < -0.3 is 63.1 Å². The molecule has 4 aromatic carbocycles. The highest BCUT2D eigenvalue weighted by molar-refractivity contribution is 6.76. The summed E-state index contributed by atoms with van der Waals surface area (Å²) >= 11 is 24.0. The van der Waals surface area contributed by atoms with Gasteiger partial charge in [0.2, 0.25) is 0 Å². The van der Waals surface area contributed by atoms with E-state index in [9.17, 15) is 38.7 Å². The molecule has 384 valence electrons. The van der Waals surface area contributed by atoms with Crippen LogP contribution in [0.1, 0.15) is 36.6 Å². The Bertz CT molecular complexity index is 2460. The Kier molecular flexibility index (Phi) is 20.4. The van der Waals surface area contributed by atoms with Crippen LogP contribution in [0.3, 0.4) is 0 Å². The fourth-order valence-electron chi connectivity index (χ4n) is 7.14. The van der Waals surface area contributed by atoms with E-state index in [2.05, 4.69) is 10.6 Å². The van der Waals surface area contributed by atoms with Crippen LogP contribution in [0.5, 0.6) is 0 Å². The van der Waals surface area contributed by atoms with Gasteiger partial charge in [0, 0.05) is 6.54 Å². The van der Waals surface area contributed by atoms with Crippen molar-refractivity contribution in [2.45, 2.75) is 71.7 Å². The van der Waals surface area contributed by atoms with E-state index in [1.54, 1.807) is 48.5 Å². The van der Waals surface area contributed by atoms with Gasteiger partial charge in [-0.3, -0.25) is 9.59 Å². The average molecular weight is 1080 g/mol.